The first-order chi connectivity index (χ1) is 38.3. The SMILES string of the molecule is CCCCCCCCCCC(CCCCCCCC)COc1ccc2c(c1)c1c(-c3ccc(Br)s3)c(=O)n3c4ccc(OCC(CCCCCCCC)CCCCCCCCCC)cc4c4c(-c5ccc(Br)s5)c(=O)n2c1c43. The largest absolute Gasteiger partial charge is 0.493 e. The molecule has 0 aliphatic heterocycles. The number of nitrogens with zero attached hydrogens (tertiary/aromatic N) is 2. The normalized spacial score (nSPS) is 12.9. The first kappa shape index (κ1) is 60.7. The second-order valence-corrected chi connectivity index (χ2v) is 28.0. The molecule has 6 heterocycles. The Bertz CT molecular complexity index is 2960. The number of fused-ring (bicyclic) bond motifs is 6. The average Bonchev–Trinajstić information content (AvgIpc) is 3.39. The van der Waals surface area contributed by atoms with Gasteiger partial charge in [0.1, 0.15) is 11.5 Å². The maximum atomic E-state index is 15.8. The van der Waals surface area contributed by atoms with Crippen LogP contribution >= 0.6 is 54.5 Å². The van der Waals surface area contributed by atoms with E-state index in [0.717, 1.165) is 72.4 Å². The van der Waals surface area contributed by atoms with Gasteiger partial charge in [-0.15, -0.1) is 22.7 Å². The lowest BCUT2D eigenvalue weighted by Crippen LogP contribution is -2.19. The van der Waals surface area contributed by atoms with Crippen molar-refractivity contribution in [3.8, 4) is 32.4 Å². The molecule has 0 fully saturated rings. The lowest BCUT2D eigenvalue weighted by Gasteiger charge is -2.18. The van der Waals surface area contributed by atoms with Crippen molar-refractivity contribution in [2.45, 2.75) is 233 Å². The van der Waals surface area contributed by atoms with Crippen LogP contribution in [0.2, 0.25) is 0 Å². The minimum Gasteiger partial charge on any atom is -0.493 e. The summed E-state index contributed by atoms with van der Waals surface area (Å²) in [6.07, 6.45) is 41.4. The van der Waals surface area contributed by atoms with Crippen molar-refractivity contribution in [3.63, 3.8) is 0 Å². The summed E-state index contributed by atoms with van der Waals surface area (Å²) in [6.45, 7) is 10.5. The van der Waals surface area contributed by atoms with Crippen molar-refractivity contribution in [1.29, 1.82) is 0 Å². The first-order valence-electron chi connectivity index (χ1n) is 31.3. The Kier molecular flexibility index (Phi) is 24.6. The second-order valence-electron chi connectivity index (χ2n) is 23.0. The molecule has 2 unspecified atom stereocenters. The van der Waals surface area contributed by atoms with Crippen LogP contribution in [0.1, 0.15) is 233 Å². The summed E-state index contributed by atoms with van der Waals surface area (Å²) in [4.78, 5) is 33.3. The highest BCUT2D eigenvalue weighted by Gasteiger charge is 2.31. The van der Waals surface area contributed by atoms with E-state index in [0.29, 0.717) is 36.2 Å². The number of rotatable bonds is 40. The van der Waals surface area contributed by atoms with E-state index in [1.807, 2.05) is 33.1 Å². The monoisotopic (exact) mass is 1220 g/mol. The molecule has 0 aliphatic carbocycles. The van der Waals surface area contributed by atoms with Crippen LogP contribution in [-0.4, -0.2) is 22.0 Å². The van der Waals surface area contributed by atoms with Crippen LogP contribution < -0.4 is 20.6 Å². The van der Waals surface area contributed by atoms with E-state index in [-0.39, 0.29) is 11.1 Å². The molecule has 0 saturated heterocycles. The smallest absolute Gasteiger partial charge is 0.265 e. The fourth-order valence-corrected chi connectivity index (χ4v) is 15.4. The fraction of sp³-hybridized carbons (Fsp3) is 0.588. The number of pyridine rings is 2. The Morgan fingerprint density at radius 3 is 1.01 bits per heavy atom. The molecule has 0 bridgehead atoms. The minimum atomic E-state index is -0.0862. The summed E-state index contributed by atoms with van der Waals surface area (Å²) >= 11 is 10.6. The Labute approximate surface area is 492 Å². The number of aromatic nitrogens is 2. The Morgan fingerprint density at radius 1 is 0.410 bits per heavy atom. The summed E-state index contributed by atoms with van der Waals surface area (Å²) < 4.78 is 19.5. The summed E-state index contributed by atoms with van der Waals surface area (Å²) in [5.41, 5.74) is 4.18. The number of benzene rings is 2. The van der Waals surface area contributed by atoms with Crippen molar-refractivity contribution in [3.05, 3.63) is 88.9 Å². The highest BCUT2D eigenvalue weighted by Crippen LogP contribution is 2.47. The molecule has 6 aromatic heterocycles. The summed E-state index contributed by atoms with van der Waals surface area (Å²) in [5.74, 6) is 2.54. The van der Waals surface area contributed by atoms with E-state index in [4.69, 9.17) is 9.47 Å². The number of thiophene rings is 2. The van der Waals surface area contributed by atoms with Crippen LogP contribution in [0.25, 0.3) is 64.5 Å². The molecule has 8 aromatic rings. The number of halogens is 2. The van der Waals surface area contributed by atoms with Crippen molar-refractivity contribution >= 4 is 98.1 Å². The molecule has 78 heavy (non-hydrogen) atoms. The third-order valence-electron chi connectivity index (χ3n) is 16.9. The summed E-state index contributed by atoms with van der Waals surface area (Å²) in [5, 5.41) is 3.35. The molecule has 424 valence electrons. The third-order valence-corrected chi connectivity index (χ3v) is 20.2. The molecule has 0 aliphatic rings. The van der Waals surface area contributed by atoms with Crippen LogP contribution in [0.4, 0.5) is 0 Å². The number of ether oxygens (including phenoxy) is 2. The van der Waals surface area contributed by atoms with Gasteiger partial charge in [-0.2, -0.15) is 0 Å². The van der Waals surface area contributed by atoms with Gasteiger partial charge in [0.2, 0.25) is 0 Å². The molecule has 0 N–H and O–H groups in total. The molecule has 10 heteroatoms. The lowest BCUT2D eigenvalue weighted by molar-refractivity contribution is 0.224. The number of hydrogen-bond acceptors (Lipinski definition) is 6. The van der Waals surface area contributed by atoms with Crippen LogP contribution in [0.15, 0.2) is 77.8 Å². The zero-order valence-electron chi connectivity index (χ0n) is 48.1. The van der Waals surface area contributed by atoms with Gasteiger partial charge in [-0.3, -0.25) is 18.4 Å². The summed E-state index contributed by atoms with van der Waals surface area (Å²) in [6, 6.07) is 20.6. The zero-order chi connectivity index (χ0) is 54.6. The number of unbranched alkanes of at least 4 members (excludes halogenated alkanes) is 24. The van der Waals surface area contributed by atoms with Gasteiger partial charge in [-0.25, -0.2) is 0 Å². The van der Waals surface area contributed by atoms with Gasteiger partial charge in [0.15, 0.2) is 0 Å². The highest BCUT2D eigenvalue weighted by atomic mass is 79.9. The maximum Gasteiger partial charge on any atom is 0.265 e. The molecule has 0 radical (unpaired) electrons. The van der Waals surface area contributed by atoms with E-state index in [2.05, 4.69) is 96.0 Å². The predicted octanol–water partition coefficient (Wildman–Crippen LogP) is 22.8. The Hall–Kier alpha value is -3.44. The van der Waals surface area contributed by atoms with E-state index in [9.17, 15) is 0 Å². The van der Waals surface area contributed by atoms with Gasteiger partial charge in [-0.05, 0) is 130 Å². The molecule has 2 atom stereocenters. The first-order valence-corrected chi connectivity index (χ1v) is 34.5. The lowest BCUT2D eigenvalue weighted by atomic mass is 9.94. The number of hydrogen-bond donors (Lipinski definition) is 0. The molecule has 0 amide bonds. The van der Waals surface area contributed by atoms with E-state index >= 15 is 9.59 Å². The van der Waals surface area contributed by atoms with Crippen LogP contribution in [-0.2, 0) is 0 Å². The zero-order valence-corrected chi connectivity index (χ0v) is 52.9. The van der Waals surface area contributed by atoms with E-state index < -0.39 is 0 Å². The van der Waals surface area contributed by atoms with Gasteiger partial charge < -0.3 is 9.47 Å². The van der Waals surface area contributed by atoms with Crippen molar-refractivity contribution < 1.29 is 9.47 Å². The van der Waals surface area contributed by atoms with Gasteiger partial charge in [-0.1, -0.05) is 207 Å². The topological polar surface area (TPSA) is 61.4 Å². The highest BCUT2D eigenvalue weighted by molar-refractivity contribution is 9.11. The Balaban J connectivity index is 1.16. The van der Waals surface area contributed by atoms with Gasteiger partial charge >= 0.3 is 0 Å². The van der Waals surface area contributed by atoms with E-state index in [1.54, 1.807) is 22.7 Å². The second kappa shape index (κ2) is 31.7. The van der Waals surface area contributed by atoms with Crippen LogP contribution in [0, 0.1) is 11.8 Å². The van der Waals surface area contributed by atoms with Crippen LogP contribution in [0.3, 0.4) is 0 Å². The molecular formula is C68H92Br2N2O4S2. The van der Waals surface area contributed by atoms with Crippen molar-refractivity contribution in [1.82, 2.24) is 8.80 Å². The molecule has 2 aromatic carbocycles. The molecule has 0 saturated carbocycles. The molecule has 8 rings (SSSR count). The predicted molar refractivity (Wildman–Crippen MR) is 346 cm³/mol. The minimum absolute atomic E-state index is 0.0862. The Morgan fingerprint density at radius 2 is 0.718 bits per heavy atom. The van der Waals surface area contributed by atoms with Crippen molar-refractivity contribution in [2.24, 2.45) is 11.8 Å². The van der Waals surface area contributed by atoms with Crippen molar-refractivity contribution in [2.75, 3.05) is 13.2 Å². The summed E-state index contributed by atoms with van der Waals surface area (Å²) in [7, 11) is 0. The van der Waals surface area contributed by atoms with Crippen LogP contribution in [0.5, 0.6) is 11.5 Å². The van der Waals surface area contributed by atoms with E-state index in [1.165, 1.54) is 205 Å². The molecular weight excluding hydrogens is 1130 g/mol. The quantitative estimate of drug-likeness (QED) is 0.0359. The third kappa shape index (κ3) is 15.6. The van der Waals surface area contributed by atoms with Gasteiger partial charge in [0, 0.05) is 31.3 Å². The van der Waals surface area contributed by atoms with Gasteiger partial charge in [0.05, 0.1) is 54.0 Å². The van der Waals surface area contributed by atoms with Gasteiger partial charge in [0.25, 0.3) is 11.1 Å². The fourth-order valence-electron chi connectivity index (χ4n) is 12.5. The maximum absolute atomic E-state index is 15.8. The molecule has 0 spiro atoms. The molecule has 6 nitrogen and oxygen atoms in total. The standard InChI is InChI=1S/C68H92Br2N2O4S2/c1-5-9-13-17-21-23-27-31-35-49(33-29-25-19-15-11-7-3)47-75-51-37-39-55-53(45-51)61-63(57-41-43-59(69)77-57)67(73)72-56-40-38-52(46-54(56)62-64(58-42-44-60(70)78-58)68(74)71(55)65(61)66(62)72)76-48-50(34-30-26-20-16-12-8-4)36-32-28-24-22-18-14-10-6-2/h37-46,49-50H,5-36,47-48H2,1-4H3. The average molecular weight is 1230 g/mol.